The summed E-state index contributed by atoms with van der Waals surface area (Å²) in [4.78, 5) is 8.55. The molecule has 0 unspecified atom stereocenters. The standard InChI is InChI=1S/C13H12Cl2N2/c1-3-10-11(14)16-13(17-12(10)15)9-6-4-8(2)5-7-9/h4-7H,3H2,1-2H3. The molecule has 1 aromatic carbocycles. The van der Waals surface area contributed by atoms with Gasteiger partial charge in [0.15, 0.2) is 5.82 Å². The molecule has 0 atom stereocenters. The first kappa shape index (κ1) is 12.3. The van der Waals surface area contributed by atoms with E-state index in [0.29, 0.717) is 16.1 Å². The fourth-order valence-corrected chi connectivity index (χ4v) is 2.21. The van der Waals surface area contributed by atoms with E-state index in [1.54, 1.807) is 0 Å². The highest BCUT2D eigenvalue weighted by molar-refractivity contribution is 6.34. The Bertz CT molecular complexity index is 513. The van der Waals surface area contributed by atoms with Crippen LogP contribution in [0.1, 0.15) is 18.1 Å². The lowest BCUT2D eigenvalue weighted by atomic mass is 10.1. The van der Waals surface area contributed by atoms with Crippen molar-refractivity contribution in [2.75, 3.05) is 0 Å². The first-order valence-corrected chi connectivity index (χ1v) is 6.16. The summed E-state index contributed by atoms with van der Waals surface area (Å²) in [6.45, 7) is 4.01. The summed E-state index contributed by atoms with van der Waals surface area (Å²) in [6.07, 6.45) is 0.728. The molecule has 17 heavy (non-hydrogen) atoms. The van der Waals surface area contributed by atoms with Gasteiger partial charge in [0.2, 0.25) is 0 Å². The van der Waals surface area contributed by atoms with E-state index in [4.69, 9.17) is 23.2 Å². The number of benzene rings is 1. The largest absolute Gasteiger partial charge is 0.216 e. The number of hydrogen-bond donors (Lipinski definition) is 0. The van der Waals surface area contributed by atoms with Gasteiger partial charge in [0.1, 0.15) is 10.3 Å². The molecule has 0 spiro atoms. The Kier molecular flexibility index (Phi) is 3.65. The van der Waals surface area contributed by atoms with Crippen LogP contribution in [-0.2, 0) is 6.42 Å². The van der Waals surface area contributed by atoms with Crippen molar-refractivity contribution in [1.29, 1.82) is 0 Å². The quantitative estimate of drug-likeness (QED) is 0.757. The first-order valence-electron chi connectivity index (χ1n) is 5.40. The van der Waals surface area contributed by atoms with Gasteiger partial charge in [-0.1, -0.05) is 60.0 Å². The van der Waals surface area contributed by atoms with Crippen LogP contribution in [-0.4, -0.2) is 9.97 Å². The van der Waals surface area contributed by atoms with Gasteiger partial charge in [0, 0.05) is 11.1 Å². The van der Waals surface area contributed by atoms with Gasteiger partial charge < -0.3 is 0 Å². The molecule has 2 aromatic rings. The van der Waals surface area contributed by atoms with Gasteiger partial charge in [0.25, 0.3) is 0 Å². The summed E-state index contributed by atoms with van der Waals surface area (Å²) >= 11 is 12.2. The normalized spacial score (nSPS) is 10.6. The Hall–Kier alpha value is -1.12. The van der Waals surface area contributed by atoms with Crippen LogP contribution < -0.4 is 0 Å². The molecular weight excluding hydrogens is 255 g/mol. The van der Waals surface area contributed by atoms with Crippen molar-refractivity contribution < 1.29 is 0 Å². The van der Waals surface area contributed by atoms with E-state index in [1.165, 1.54) is 5.56 Å². The Balaban J connectivity index is 2.50. The topological polar surface area (TPSA) is 25.8 Å². The van der Waals surface area contributed by atoms with Crippen molar-refractivity contribution in [1.82, 2.24) is 9.97 Å². The van der Waals surface area contributed by atoms with Crippen LogP contribution in [0.25, 0.3) is 11.4 Å². The molecule has 0 aliphatic carbocycles. The van der Waals surface area contributed by atoms with Crippen LogP contribution >= 0.6 is 23.2 Å². The highest BCUT2D eigenvalue weighted by atomic mass is 35.5. The molecule has 0 aliphatic rings. The number of nitrogens with zero attached hydrogens (tertiary/aromatic N) is 2. The van der Waals surface area contributed by atoms with Crippen LogP contribution in [0.5, 0.6) is 0 Å². The Morgan fingerprint density at radius 3 is 2.00 bits per heavy atom. The molecule has 0 N–H and O–H groups in total. The van der Waals surface area contributed by atoms with Crippen LogP contribution in [0.2, 0.25) is 10.3 Å². The number of hydrogen-bond acceptors (Lipinski definition) is 2. The van der Waals surface area contributed by atoms with Gasteiger partial charge in [-0.05, 0) is 13.3 Å². The molecule has 1 aromatic heterocycles. The summed E-state index contributed by atoms with van der Waals surface area (Å²) < 4.78 is 0. The summed E-state index contributed by atoms with van der Waals surface area (Å²) in [5.41, 5.74) is 2.90. The highest BCUT2D eigenvalue weighted by Crippen LogP contribution is 2.25. The zero-order valence-electron chi connectivity index (χ0n) is 9.67. The third-order valence-electron chi connectivity index (χ3n) is 2.57. The molecular formula is C13H12Cl2N2. The van der Waals surface area contributed by atoms with E-state index in [1.807, 2.05) is 38.1 Å². The van der Waals surface area contributed by atoms with Crippen molar-refractivity contribution in [3.63, 3.8) is 0 Å². The minimum atomic E-state index is 0.433. The monoisotopic (exact) mass is 266 g/mol. The maximum Gasteiger partial charge on any atom is 0.162 e. The van der Waals surface area contributed by atoms with Crippen molar-refractivity contribution in [2.45, 2.75) is 20.3 Å². The van der Waals surface area contributed by atoms with Gasteiger partial charge in [0.05, 0.1) is 0 Å². The molecule has 4 heteroatoms. The van der Waals surface area contributed by atoms with Gasteiger partial charge >= 0.3 is 0 Å². The minimum Gasteiger partial charge on any atom is -0.216 e. The zero-order valence-corrected chi connectivity index (χ0v) is 11.2. The Labute approximate surface area is 111 Å². The summed E-state index contributed by atoms with van der Waals surface area (Å²) in [6, 6.07) is 7.94. The van der Waals surface area contributed by atoms with Crippen LogP contribution in [0.3, 0.4) is 0 Å². The lowest BCUT2D eigenvalue weighted by Gasteiger charge is -2.06. The molecule has 0 fully saturated rings. The number of aryl methyl sites for hydroxylation is 1. The van der Waals surface area contributed by atoms with E-state index in [0.717, 1.165) is 17.5 Å². The third kappa shape index (κ3) is 2.59. The number of halogens is 2. The second-order valence-corrected chi connectivity index (χ2v) is 4.54. The SMILES string of the molecule is CCc1c(Cl)nc(-c2ccc(C)cc2)nc1Cl. The zero-order chi connectivity index (χ0) is 12.4. The van der Waals surface area contributed by atoms with E-state index >= 15 is 0 Å². The van der Waals surface area contributed by atoms with Gasteiger partial charge in [-0.15, -0.1) is 0 Å². The number of rotatable bonds is 2. The van der Waals surface area contributed by atoms with Crippen LogP contribution in [0, 0.1) is 6.92 Å². The highest BCUT2D eigenvalue weighted by Gasteiger charge is 2.10. The molecule has 2 nitrogen and oxygen atoms in total. The van der Waals surface area contributed by atoms with E-state index < -0.39 is 0 Å². The molecule has 0 amide bonds. The molecule has 0 saturated heterocycles. The van der Waals surface area contributed by atoms with Crippen molar-refractivity contribution in [3.8, 4) is 11.4 Å². The predicted octanol–water partition coefficient (Wildman–Crippen LogP) is 4.32. The minimum absolute atomic E-state index is 0.433. The molecule has 2 rings (SSSR count). The average Bonchev–Trinajstić information content (AvgIpc) is 2.29. The van der Waals surface area contributed by atoms with E-state index in [2.05, 4.69) is 9.97 Å². The van der Waals surface area contributed by atoms with Crippen molar-refractivity contribution >= 4 is 23.2 Å². The van der Waals surface area contributed by atoms with Gasteiger partial charge in [-0.25, -0.2) is 9.97 Å². The Morgan fingerprint density at radius 1 is 1.00 bits per heavy atom. The smallest absolute Gasteiger partial charge is 0.162 e. The second-order valence-electron chi connectivity index (χ2n) is 3.83. The molecule has 1 heterocycles. The fraction of sp³-hybridized carbons (Fsp3) is 0.231. The van der Waals surface area contributed by atoms with Crippen molar-refractivity contribution in [2.24, 2.45) is 0 Å². The summed E-state index contributed by atoms with van der Waals surface area (Å²) in [5.74, 6) is 0.567. The lowest BCUT2D eigenvalue weighted by Crippen LogP contribution is -1.96. The Morgan fingerprint density at radius 2 is 1.53 bits per heavy atom. The van der Waals surface area contributed by atoms with E-state index in [-0.39, 0.29) is 0 Å². The molecule has 0 radical (unpaired) electrons. The lowest BCUT2D eigenvalue weighted by molar-refractivity contribution is 1.05. The molecule has 88 valence electrons. The van der Waals surface area contributed by atoms with Crippen LogP contribution in [0.15, 0.2) is 24.3 Å². The van der Waals surface area contributed by atoms with Crippen molar-refractivity contribution in [3.05, 3.63) is 45.7 Å². The first-order chi connectivity index (χ1) is 8.11. The predicted molar refractivity (Wildman–Crippen MR) is 71.6 cm³/mol. The fourth-order valence-electron chi connectivity index (χ4n) is 1.55. The maximum absolute atomic E-state index is 6.08. The average molecular weight is 267 g/mol. The van der Waals surface area contributed by atoms with Gasteiger partial charge in [-0.2, -0.15) is 0 Å². The molecule has 0 aliphatic heterocycles. The number of aromatic nitrogens is 2. The molecule has 0 bridgehead atoms. The summed E-state index contributed by atoms with van der Waals surface area (Å²) in [7, 11) is 0. The summed E-state index contributed by atoms with van der Waals surface area (Å²) in [5, 5.41) is 0.867. The third-order valence-corrected chi connectivity index (χ3v) is 3.19. The maximum atomic E-state index is 6.08. The van der Waals surface area contributed by atoms with E-state index in [9.17, 15) is 0 Å². The second kappa shape index (κ2) is 5.03. The van der Waals surface area contributed by atoms with Gasteiger partial charge in [-0.3, -0.25) is 0 Å². The van der Waals surface area contributed by atoms with Crippen LogP contribution in [0.4, 0.5) is 0 Å². The molecule has 0 saturated carbocycles.